The van der Waals surface area contributed by atoms with Crippen molar-refractivity contribution in [3.05, 3.63) is 29.8 Å². The molecule has 1 unspecified atom stereocenters. The SMILES string of the molecule is CCCNC(C)(CCCOc1ccc(CC)cc1)C(=O)O. The van der Waals surface area contributed by atoms with Gasteiger partial charge < -0.3 is 15.2 Å². The maximum absolute atomic E-state index is 11.4. The summed E-state index contributed by atoms with van der Waals surface area (Å²) in [5.41, 5.74) is 0.412. The van der Waals surface area contributed by atoms with E-state index < -0.39 is 11.5 Å². The largest absolute Gasteiger partial charge is 0.494 e. The van der Waals surface area contributed by atoms with Gasteiger partial charge in [-0.2, -0.15) is 0 Å². The summed E-state index contributed by atoms with van der Waals surface area (Å²) in [7, 11) is 0. The molecule has 0 spiro atoms. The van der Waals surface area contributed by atoms with Gasteiger partial charge in [0.2, 0.25) is 0 Å². The fourth-order valence-electron chi connectivity index (χ4n) is 2.11. The number of aryl methyl sites for hydroxylation is 1. The molecule has 0 bridgehead atoms. The number of hydrogen-bond donors (Lipinski definition) is 2. The highest BCUT2D eigenvalue weighted by atomic mass is 16.5. The van der Waals surface area contributed by atoms with Crippen molar-refractivity contribution in [1.29, 1.82) is 0 Å². The predicted octanol–water partition coefficient (Wildman–Crippen LogP) is 3.25. The molecule has 1 rings (SSSR count). The molecule has 0 aliphatic rings. The third kappa shape index (κ3) is 5.76. The summed E-state index contributed by atoms with van der Waals surface area (Å²) in [5, 5.41) is 12.4. The van der Waals surface area contributed by atoms with Gasteiger partial charge in [-0.25, -0.2) is 0 Å². The van der Waals surface area contributed by atoms with Crippen molar-refractivity contribution in [2.75, 3.05) is 13.2 Å². The zero-order valence-corrected chi connectivity index (χ0v) is 13.3. The Bertz CT molecular complexity index is 430. The first-order valence-corrected chi connectivity index (χ1v) is 7.72. The summed E-state index contributed by atoms with van der Waals surface area (Å²) in [4.78, 5) is 11.4. The molecule has 0 heterocycles. The fraction of sp³-hybridized carbons (Fsp3) is 0.588. The summed E-state index contributed by atoms with van der Waals surface area (Å²) in [5.74, 6) is 0.0361. The van der Waals surface area contributed by atoms with Crippen molar-refractivity contribution in [3.8, 4) is 5.75 Å². The van der Waals surface area contributed by atoms with Crippen LogP contribution < -0.4 is 10.1 Å². The lowest BCUT2D eigenvalue weighted by Crippen LogP contribution is -2.49. The average Bonchev–Trinajstić information content (AvgIpc) is 2.50. The van der Waals surface area contributed by atoms with Gasteiger partial charge in [-0.05, 0) is 56.8 Å². The third-order valence-corrected chi connectivity index (χ3v) is 3.66. The van der Waals surface area contributed by atoms with Gasteiger partial charge in [0.15, 0.2) is 0 Å². The lowest BCUT2D eigenvalue weighted by atomic mass is 9.96. The van der Waals surface area contributed by atoms with E-state index in [0.717, 1.165) is 18.6 Å². The number of nitrogens with one attached hydrogen (secondary N) is 1. The molecule has 0 aromatic heterocycles. The van der Waals surface area contributed by atoms with Crippen LogP contribution in [0.25, 0.3) is 0 Å². The fourth-order valence-corrected chi connectivity index (χ4v) is 2.11. The van der Waals surface area contributed by atoms with Crippen LogP contribution in [-0.2, 0) is 11.2 Å². The van der Waals surface area contributed by atoms with E-state index in [1.54, 1.807) is 6.92 Å². The van der Waals surface area contributed by atoms with Crippen LogP contribution in [0.1, 0.15) is 45.6 Å². The van der Waals surface area contributed by atoms with Crippen LogP contribution >= 0.6 is 0 Å². The van der Waals surface area contributed by atoms with Gasteiger partial charge in [-0.3, -0.25) is 4.79 Å². The molecule has 0 radical (unpaired) electrons. The van der Waals surface area contributed by atoms with Crippen LogP contribution in [0.15, 0.2) is 24.3 Å². The number of rotatable bonds is 10. The Morgan fingerprint density at radius 3 is 2.48 bits per heavy atom. The normalized spacial score (nSPS) is 13.7. The average molecular weight is 293 g/mol. The van der Waals surface area contributed by atoms with Gasteiger partial charge in [0.25, 0.3) is 0 Å². The Balaban J connectivity index is 2.38. The van der Waals surface area contributed by atoms with Gasteiger partial charge in [0, 0.05) is 0 Å². The van der Waals surface area contributed by atoms with Crippen molar-refractivity contribution in [3.63, 3.8) is 0 Å². The van der Waals surface area contributed by atoms with Gasteiger partial charge >= 0.3 is 5.97 Å². The van der Waals surface area contributed by atoms with Crippen molar-refractivity contribution in [2.45, 2.75) is 52.0 Å². The number of carbonyl (C=O) groups is 1. The molecule has 1 aromatic rings. The summed E-state index contributed by atoms with van der Waals surface area (Å²) < 4.78 is 5.66. The summed E-state index contributed by atoms with van der Waals surface area (Å²) in [6.07, 6.45) is 3.19. The van der Waals surface area contributed by atoms with Crippen molar-refractivity contribution in [1.82, 2.24) is 5.32 Å². The second kappa shape index (κ2) is 8.67. The molecule has 4 nitrogen and oxygen atoms in total. The standard InChI is InChI=1S/C17H27NO3/c1-4-12-18-17(3,16(19)20)11-6-13-21-15-9-7-14(5-2)8-10-15/h7-10,18H,4-6,11-13H2,1-3H3,(H,19,20). The number of carboxylic acid groups (broad SMARTS) is 1. The van der Waals surface area contributed by atoms with Gasteiger partial charge in [0.05, 0.1) is 6.61 Å². The van der Waals surface area contributed by atoms with Crippen LogP contribution in [0.4, 0.5) is 0 Å². The Hall–Kier alpha value is -1.55. The van der Waals surface area contributed by atoms with E-state index in [2.05, 4.69) is 24.4 Å². The van der Waals surface area contributed by atoms with E-state index in [9.17, 15) is 9.90 Å². The quantitative estimate of drug-likeness (QED) is 0.650. The van der Waals surface area contributed by atoms with Crippen LogP contribution in [-0.4, -0.2) is 29.8 Å². The van der Waals surface area contributed by atoms with E-state index in [4.69, 9.17) is 4.74 Å². The lowest BCUT2D eigenvalue weighted by molar-refractivity contribution is -0.144. The first-order valence-electron chi connectivity index (χ1n) is 7.72. The topological polar surface area (TPSA) is 58.6 Å². The lowest BCUT2D eigenvalue weighted by Gasteiger charge is -2.26. The predicted molar refractivity (Wildman–Crippen MR) is 84.9 cm³/mol. The highest BCUT2D eigenvalue weighted by Gasteiger charge is 2.31. The first-order chi connectivity index (χ1) is 10.0. The Morgan fingerprint density at radius 1 is 1.29 bits per heavy atom. The van der Waals surface area contributed by atoms with Gasteiger partial charge in [0.1, 0.15) is 11.3 Å². The molecular weight excluding hydrogens is 266 g/mol. The number of ether oxygens (including phenoxy) is 1. The minimum absolute atomic E-state index is 0.530. The monoisotopic (exact) mass is 293 g/mol. The molecule has 0 aliphatic heterocycles. The van der Waals surface area contributed by atoms with Crippen LogP contribution in [0.2, 0.25) is 0 Å². The van der Waals surface area contributed by atoms with Crippen molar-refractivity contribution < 1.29 is 14.6 Å². The van der Waals surface area contributed by atoms with E-state index in [-0.39, 0.29) is 0 Å². The maximum Gasteiger partial charge on any atom is 0.323 e. The maximum atomic E-state index is 11.4. The van der Waals surface area contributed by atoms with Crippen LogP contribution in [0, 0.1) is 0 Å². The summed E-state index contributed by atoms with van der Waals surface area (Å²) >= 11 is 0. The van der Waals surface area contributed by atoms with E-state index >= 15 is 0 Å². The molecule has 0 fully saturated rings. The van der Waals surface area contributed by atoms with E-state index in [0.29, 0.717) is 26.0 Å². The van der Waals surface area contributed by atoms with Crippen molar-refractivity contribution >= 4 is 5.97 Å². The molecule has 0 saturated heterocycles. The molecule has 118 valence electrons. The Kier molecular flexibility index (Phi) is 7.23. The highest BCUT2D eigenvalue weighted by Crippen LogP contribution is 2.16. The second-order valence-electron chi connectivity index (χ2n) is 5.51. The summed E-state index contributed by atoms with van der Waals surface area (Å²) in [6.45, 7) is 7.12. The molecular formula is C17H27NO3. The molecule has 1 atom stereocenters. The van der Waals surface area contributed by atoms with E-state index in [1.807, 2.05) is 19.1 Å². The minimum atomic E-state index is -0.870. The van der Waals surface area contributed by atoms with E-state index in [1.165, 1.54) is 5.56 Å². The van der Waals surface area contributed by atoms with Crippen LogP contribution in [0.3, 0.4) is 0 Å². The van der Waals surface area contributed by atoms with Gasteiger partial charge in [-0.1, -0.05) is 26.0 Å². The van der Waals surface area contributed by atoms with Crippen LogP contribution in [0.5, 0.6) is 5.75 Å². The number of benzene rings is 1. The highest BCUT2D eigenvalue weighted by molar-refractivity contribution is 5.78. The smallest absolute Gasteiger partial charge is 0.323 e. The van der Waals surface area contributed by atoms with Crippen molar-refractivity contribution in [2.24, 2.45) is 0 Å². The molecule has 0 amide bonds. The van der Waals surface area contributed by atoms with Gasteiger partial charge in [-0.15, -0.1) is 0 Å². The third-order valence-electron chi connectivity index (χ3n) is 3.66. The Morgan fingerprint density at radius 2 is 1.95 bits per heavy atom. The zero-order valence-electron chi connectivity index (χ0n) is 13.3. The number of carboxylic acids is 1. The summed E-state index contributed by atoms with van der Waals surface area (Å²) in [6, 6.07) is 8.04. The first kappa shape index (κ1) is 17.5. The molecule has 0 aliphatic carbocycles. The number of hydrogen-bond acceptors (Lipinski definition) is 3. The minimum Gasteiger partial charge on any atom is -0.494 e. The molecule has 21 heavy (non-hydrogen) atoms. The molecule has 2 N–H and O–H groups in total. The zero-order chi connectivity index (χ0) is 15.7. The number of aliphatic carboxylic acids is 1. The molecule has 4 heteroatoms. The molecule has 1 aromatic carbocycles. The molecule has 0 saturated carbocycles. The Labute approximate surface area is 127 Å². The second-order valence-corrected chi connectivity index (χ2v) is 5.51.